The first kappa shape index (κ1) is 10.9. The minimum Gasteiger partial charge on any atom is -0.235 e. The molecule has 0 aliphatic rings. The Morgan fingerprint density at radius 1 is 1.23 bits per heavy atom. The zero-order valence-electron chi connectivity index (χ0n) is 6.05. The van der Waals surface area contributed by atoms with Gasteiger partial charge in [0.1, 0.15) is 5.69 Å². The fourth-order valence-electron chi connectivity index (χ4n) is 0.740. The molecular formula is C6H3Br3N2O2. The normalized spacial score (nSPS) is 9.77. The summed E-state index contributed by atoms with van der Waals surface area (Å²) in [6.45, 7) is 0. The predicted molar refractivity (Wildman–Crippen MR) is 60.2 cm³/mol. The highest BCUT2D eigenvalue weighted by atomic mass is 79.9. The van der Waals surface area contributed by atoms with Gasteiger partial charge in [0.05, 0.1) is 0 Å². The number of nitrogens with zero attached hydrogens (tertiary/aromatic N) is 1. The molecule has 7 heteroatoms. The van der Waals surface area contributed by atoms with Crippen LogP contribution in [0.3, 0.4) is 0 Å². The number of hydrogen-bond acceptors (Lipinski definition) is 2. The topological polar surface area (TPSA) is 55.2 Å². The zero-order valence-corrected chi connectivity index (χ0v) is 10.8. The summed E-state index contributed by atoms with van der Waals surface area (Å²) in [6, 6.07) is 3.44. The summed E-state index contributed by atoms with van der Waals surface area (Å²) >= 11 is 9.65. The second-order valence-electron chi connectivity index (χ2n) is 2.11. The van der Waals surface area contributed by atoms with E-state index in [1.807, 2.05) is 0 Å². The van der Waals surface area contributed by atoms with E-state index < -0.39 is 5.03 Å². The molecular weight excluding hydrogens is 372 g/mol. The third-order valence-corrected chi connectivity index (χ3v) is 2.92. The third kappa shape index (κ3) is 2.92. The molecule has 0 heterocycles. The van der Waals surface area contributed by atoms with Gasteiger partial charge in [0.15, 0.2) is 5.03 Å². The molecule has 1 N–H and O–H groups in total. The van der Waals surface area contributed by atoms with E-state index in [9.17, 15) is 10.1 Å². The number of benzene rings is 1. The van der Waals surface area contributed by atoms with Gasteiger partial charge >= 0.3 is 0 Å². The Balaban J connectivity index is 3.13. The van der Waals surface area contributed by atoms with Gasteiger partial charge in [-0.15, -0.1) is 5.43 Å². The molecule has 0 bridgehead atoms. The maximum absolute atomic E-state index is 10.2. The number of rotatable bonds is 2. The van der Waals surface area contributed by atoms with Crippen LogP contribution in [0.1, 0.15) is 0 Å². The molecule has 0 radical (unpaired) electrons. The highest BCUT2D eigenvalue weighted by Gasteiger charge is 2.10. The summed E-state index contributed by atoms with van der Waals surface area (Å²) in [7, 11) is 0. The largest absolute Gasteiger partial charge is 0.235 e. The first-order valence-corrected chi connectivity index (χ1v) is 5.44. The van der Waals surface area contributed by atoms with E-state index in [2.05, 4.69) is 53.2 Å². The van der Waals surface area contributed by atoms with Crippen LogP contribution in [0.4, 0.5) is 5.69 Å². The molecule has 0 aliphatic carbocycles. The Labute approximate surface area is 99.2 Å². The zero-order chi connectivity index (χ0) is 10.0. The van der Waals surface area contributed by atoms with Gasteiger partial charge in [0, 0.05) is 13.4 Å². The summed E-state index contributed by atoms with van der Waals surface area (Å²) in [4.78, 5) is 10.2. The highest BCUT2D eigenvalue weighted by Crippen LogP contribution is 2.34. The molecule has 0 aliphatic heterocycles. The van der Waals surface area contributed by atoms with E-state index in [1.54, 1.807) is 12.1 Å². The number of halogens is 3. The van der Waals surface area contributed by atoms with Crippen LogP contribution in [0.2, 0.25) is 0 Å². The van der Waals surface area contributed by atoms with Gasteiger partial charge in [0.2, 0.25) is 0 Å². The van der Waals surface area contributed by atoms with Crippen LogP contribution < -0.4 is 5.43 Å². The highest BCUT2D eigenvalue weighted by molar-refractivity contribution is 9.11. The van der Waals surface area contributed by atoms with E-state index in [1.165, 1.54) is 0 Å². The second kappa shape index (κ2) is 4.39. The van der Waals surface area contributed by atoms with Crippen molar-refractivity contribution in [3.05, 3.63) is 35.7 Å². The number of hydrogen-bond donors (Lipinski definition) is 1. The first-order chi connectivity index (χ1) is 6.00. The summed E-state index contributed by atoms with van der Waals surface area (Å²) in [5.41, 5.74) is 2.47. The first-order valence-electron chi connectivity index (χ1n) is 3.06. The fraction of sp³-hybridized carbons (Fsp3) is 0. The third-order valence-electron chi connectivity index (χ3n) is 1.21. The Morgan fingerprint density at radius 2 is 1.69 bits per heavy atom. The Bertz CT molecular complexity index is 333. The average Bonchev–Trinajstić information content (AvgIpc) is 1.96. The lowest BCUT2D eigenvalue weighted by molar-refractivity contribution is -0.445. The van der Waals surface area contributed by atoms with Gasteiger partial charge in [0.25, 0.3) is 0 Å². The molecule has 0 fully saturated rings. The van der Waals surface area contributed by atoms with E-state index in [0.29, 0.717) is 14.6 Å². The number of hydrazine groups is 1. The SMILES string of the molecule is O=[N+]([O-])Nc1c(Br)cc(Br)cc1Br. The molecule has 0 amide bonds. The molecule has 1 aromatic carbocycles. The quantitative estimate of drug-likeness (QED) is 0.636. The van der Waals surface area contributed by atoms with Gasteiger partial charge in [-0.2, -0.15) is 0 Å². The van der Waals surface area contributed by atoms with Crippen molar-refractivity contribution in [2.24, 2.45) is 0 Å². The second-order valence-corrected chi connectivity index (χ2v) is 4.74. The lowest BCUT2D eigenvalue weighted by Gasteiger charge is -2.04. The summed E-state index contributed by atoms with van der Waals surface area (Å²) < 4.78 is 2.07. The lowest BCUT2D eigenvalue weighted by Crippen LogP contribution is -2.08. The minimum atomic E-state index is -0.612. The molecule has 4 nitrogen and oxygen atoms in total. The molecule has 0 spiro atoms. The monoisotopic (exact) mass is 372 g/mol. The number of nitrogens with one attached hydrogen (secondary N) is 1. The summed E-state index contributed by atoms with van der Waals surface area (Å²) in [5, 5.41) is 9.59. The van der Waals surface area contributed by atoms with Crippen LogP contribution >= 0.6 is 47.8 Å². The molecule has 70 valence electrons. The standard InChI is InChI=1S/C6H3Br3N2O2/c7-3-1-4(8)6(5(9)2-3)10-11(12)13/h1-2,10H. The van der Waals surface area contributed by atoms with E-state index in [-0.39, 0.29) is 0 Å². The van der Waals surface area contributed by atoms with Gasteiger partial charge in [-0.1, -0.05) is 15.9 Å². The Hall–Kier alpha value is -0.140. The molecule has 0 saturated heterocycles. The van der Waals surface area contributed by atoms with Crippen LogP contribution in [0.15, 0.2) is 25.6 Å². The van der Waals surface area contributed by atoms with Gasteiger partial charge in [-0.25, -0.2) is 10.1 Å². The average molecular weight is 375 g/mol. The molecule has 1 aromatic rings. The van der Waals surface area contributed by atoms with E-state index in [0.717, 1.165) is 4.47 Å². The predicted octanol–water partition coefficient (Wildman–Crippen LogP) is 3.58. The van der Waals surface area contributed by atoms with Crippen LogP contribution in [0, 0.1) is 10.1 Å². The molecule has 0 saturated carbocycles. The van der Waals surface area contributed by atoms with Crippen molar-refractivity contribution < 1.29 is 5.03 Å². The molecule has 0 unspecified atom stereocenters. The fourth-order valence-corrected chi connectivity index (χ4v) is 3.18. The van der Waals surface area contributed by atoms with E-state index in [4.69, 9.17) is 0 Å². The van der Waals surface area contributed by atoms with Crippen molar-refractivity contribution in [1.29, 1.82) is 0 Å². The summed E-state index contributed by atoms with van der Waals surface area (Å²) in [6.07, 6.45) is 0. The van der Waals surface area contributed by atoms with Gasteiger partial charge in [-0.05, 0) is 44.0 Å². The molecule has 0 atom stereocenters. The van der Waals surface area contributed by atoms with Crippen molar-refractivity contribution in [3.63, 3.8) is 0 Å². The Kier molecular flexibility index (Phi) is 3.69. The lowest BCUT2D eigenvalue weighted by atomic mass is 10.3. The maximum Gasteiger partial charge on any atom is 0.162 e. The Morgan fingerprint density at radius 3 is 2.08 bits per heavy atom. The maximum atomic E-state index is 10.2. The smallest absolute Gasteiger partial charge is 0.162 e. The van der Waals surface area contributed by atoms with Crippen molar-refractivity contribution in [2.45, 2.75) is 0 Å². The summed E-state index contributed by atoms with van der Waals surface area (Å²) in [5.74, 6) is 0. The molecule has 1 rings (SSSR count). The van der Waals surface area contributed by atoms with Crippen molar-refractivity contribution in [3.8, 4) is 0 Å². The molecule has 13 heavy (non-hydrogen) atoms. The van der Waals surface area contributed by atoms with Crippen LogP contribution in [0.5, 0.6) is 0 Å². The van der Waals surface area contributed by atoms with E-state index >= 15 is 0 Å². The minimum absolute atomic E-state index is 0.396. The number of anilines is 1. The van der Waals surface area contributed by atoms with Gasteiger partial charge in [-0.3, -0.25) is 0 Å². The molecule has 0 aromatic heterocycles. The number of nitro groups is 1. The van der Waals surface area contributed by atoms with Crippen molar-refractivity contribution in [1.82, 2.24) is 0 Å². The van der Waals surface area contributed by atoms with Crippen LogP contribution in [-0.2, 0) is 0 Å². The van der Waals surface area contributed by atoms with Crippen LogP contribution in [0.25, 0.3) is 0 Å². The van der Waals surface area contributed by atoms with Crippen LogP contribution in [-0.4, -0.2) is 5.03 Å². The van der Waals surface area contributed by atoms with Gasteiger partial charge < -0.3 is 0 Å². The van der Waals surface area contributed by atoms with Crippen molar-refractivity contribution >= 4 is 53.5 Å². The van der Waals surface area contributed by atoms with Crippen molar-refractivity contribution in [2.75, 3.05) is 5.43 Å².